The first-order valence-corrected chi connectivity index (χ1v) is 12.5. The summed E-state index contributed by atoms with van der Waals surface area (Å²) in [4.78, 5) is 27.9. The Bertz CT molecular complexity index is 1380. The van der Waals surface area contributed by atoms with Gasteiger partial charge >= 0.3 is 6.03 Å². The number of carbonyl (C=O) groups excluding carboxylic acids is 2. The zero-order valence-corrected chi connectivity index (χ0v) is 22.1. The Balaban J connectivity index is 1.63. The number of rotatable bonds is 7. The van der Waals surface area contributed by atoms with Gasteiger partial charge < -0.3 is 15.5 Å². The second kappa shape index (κ2) is 11.3. The molecule has 1 aromatic heterocycles. The van der Waals surface area contributed by atoms with E-state index in [0.29, 0.717) is 16.5 Å². The largest absolute Gasteiger partial charge is 0.322 e. The Hall–Kier alpha value is -4.10. The molecule has 2 N–H and O–H groups in total. The van der Waals surface area contributed by atoms with Crippen LogP contribution in [0.25, 0.3) is 16.8 Å². The summed E-state index contributed by atoms with van der Waals surface area (Å²) in [7, 11) is 0. The van der Waals surface area contributed by atoms with Crippen molar-refractivity contribution < 1.29 is 9.59 Å². The standard InChI is InChI=1S/C29H30ClN5O2/c1-19(2)34(29(37)31-24-14-12-23(30)13-15-24)18-26(36)32-28-27(22-8-6-5-7-9-22)21(4)33-35(28)25-16-10-20(3)11-17-25/h5-17,19H,18H2,1-4H3,(H,31,37)(H,32,36). The number of hydrogen-bond donors (Lipinski definition) is 2. The monoisotopic (exact) mass is 515 g/mol. The van der Waals surface area contributed by atoms with Crippen LogP contribution in [0.5, 0.6) is 0 Å². The highest BCUT2D eigenvalue weighted by molar-refractivity contribution is 6.30. The lowest BCUT2D eigenvalue weighted by Crippen LogP contribution is -2.44. The summed E-state index contributed by atoms with van der Waals surface area (Å²) in [5.41, 5.74) is 5.10. The average Bonchev–Trinajstić information content (AvgIpc) is 3.20. The number of amides is 3. The van der Waals surface area contributed by atoms with E-state index in [9.17, 15) is 9.59 Å². The number of nitrogens with one attached hydrogen (secondary N) is 2. The van der Waals surface area contributed by atoms with E-state index in [1.165, 1.54) is 4.90 Å². The van der Waals surface area contributed by atoms with Crippen molar-refractivity contribution in [3.8, 4) is 16.8 Å². The molecular weight excluding hydrogens is 486 g/mol. The smallest absolute Gasteiger partial charge is 0.313 e. The van der Waals surface area contributed by atoms with Gasteiger partial charge in [-0.1, -0.05) is 59.6 Å². The molecule has 0 radical (unpaired) electrons. The van der Waals surface area contributed by atoms with Gasteiger partial charge in [-0.2, -0.15) is 5.10 Å². The maximum Gasteiger partial charge on any atom is 0.322 e. The Morgan fingerprint density at radius 3 is 2.19 bits per heavy atom. The SMILES string of the molecule is Cc1ccc(-n2nc(C)c(-c3ccccc3)c2NC(=O)CN(C(=O)Nc2ccc(Cl)cc2)C(C)C)cc1. The maximum atomic E-state index is 13.4. The van der Waals surface area contributed by atoms with Crippen LogP contribution in [0.15, 0.2) is 78.9 Å². The summed E-state index contributed by atoms with van der Waals surface area (Å²) >= 11 is 5.95. The Labute approximate surface area is 222 Å². The Morgan fingerprint density at radius 1 is 0.919 bits per heavy atom. The van der Waals surface area contributed by atoms with E-state index in [1.807, 2.05) is 82.3 Å². The molecule has 0 saturated heterocycles. The molecule has 4 rings (SSSR count). The van der Waals surface area contributed by atoms with Crippen molar-refractivity contribution in [3.63, 3.8) is 0 Å². The Kier molecular flexibility index (Phi) is 7.94. The summed E-state index contributed by atoms with van der Waals surface area (Å²) in [6.45, 7) is 7.54. The van der Waals surface area contributed by atoms with Gasteiger partial charge in [0.15, 0.2) is 0 Å². The molecule has 1 heterocycles. The normalized spacial score (nSPS) is 10.9. The Morgan fingerprint density at radius 2 is 1.57 bits per heavy atom. The fraction of sp³-hybridized carbons (Fsp3) is 0.207. The number of carbonyl (C=O) groups is 2. The molecule has 0 bridgehead atoms. The van der Waals surface area contributed by atoms with Crippen LogP contribution >= 0.6 is 11.6 Å². The molecule has 0 aliphatic carbocycles. The molecule has 3 aromatic carbocycles. The number of aromatic nitrogens is 2. The van der Waals surface area contributed by atoms with Crippen molar-refractivity contribution in [1.82, 2.24) is 14.7 Å². The fourth-order valence-electron chi connectivity index (χ4n) is 4.01. The molecule has 0 fully saturated rings. The minimum absolute atomic E-state index is 0.135. The van der Waals surface area contributed by atoms with E-state index in [4.69, 9.17) is 16.7 Å². The molecule has 37 heavy (non-hydrogen) atoms. The first-order valence-electron chi connectivity index (χ1n) is 12.1. The molecule has 7 nitrogen and oxygen atoms in total. The van der Waals surface area contributed by atoms with E-state index in [1.54, 1.807) is 28.9 Å². The topological polar surface area (TPSA) is 79.3 Å². The van der Waals surface area contributed by atoms with Crippen molar-refractivity contribution in [3.05, 3.63) is 95.1 Å². The van der Waals surface area contributed by atoms with Crippen molar-refractivity contribution in [1.29, 1.82) is 0 Å². The highest BCUT2D eigenvalue weighted by Gasteiger charge is 2.24. The van der Waals surface area contributed by atoms with Crippen molar-refractivity contribution in [2.75, 3.05) is 17.2 Å². The lowest BCUT2D eigenvalue weighted by atomic mass is 10.1. The summed E-state index contributed by atoms with van der Waals surface area (Å²) in [6.07, 6.45) is 0. The van der Waals surface area contributed by atoms with E-state index in [2.05, 4.69) is 10.6 Å². The minimum Gasteiger partial charge on any atom is -0.313 e. The number of halogens is 1. The highest BCUT2D eigenvalue weighted by Crippen LogP contribution is 2.33. The van der Waals surface area contributed by atoms with Gasteiger partial charge in [0.05, 0.1) is 11.4 Å². The molecule has 0 spiro atoms. The minimum atomic E-state index is -0.376. The molecule has 0 aliphatic rings. The molecule has 190 valence electrons. The first-order chi connectivity index (χ1) is 17.7. The van der Waals surface area contributed by atoms with Gasteiger partial charge in [0.25, 0.3) is 0 Å². The van der Waals surface area contributed by atoms with Gasteiger partial charge in [-0.25, -0.2) is 9.48 Å². The molecule has 0 aliphatic heterocycles. The summed E-state index contributed by atoms with van der Waals surface area (Å²) in [6, 6.07) is 24.0. The number of nitrogens with zero attached hydrogens (tertiary/aromatic N) is 3. The number of anilines is 2. The predicted octanol–water partition coefficient (Wildman–Crippen LogP) is 6.69. The summed E-state index contributed by atoms with van der Waals surface area (Å²) < 4.78 is 1.74. The molecule has 0 saturated carbocycles. The third-order valence-electron chi connectivity index (χ3n) is 5.95. The van der Waals surface area contributed by atoms with Crippen LogP contribution in [0.1, 0.15) is 25.1 Å². The number of benzene rings is 3. The van der Waals surface area contributed by atoms with Gasteiger partial charge in [-0.3, -0.25) is 4.79 Å². The van der Waals surface area contributed by atoms with Crippen LogP contribution < -0.4 is 10.6 Å². The molecule has 0 atom stereocenters. The molecule has 8 heteroatoms. The second-order valence-electron chi connectivity index (χ2n) is 9.13. The van der Waals surface area contributed by atoms with Crippen LogP contribution in [0.3, 0.4) is 0 Å². The van der Waals surface area contributed by atoms with Crippen molar-refractivity contribution in [2.45, 2.75) is 33.7 Å². The average molecular weight is 516 g/mol. The van der Waals surface area contributed by atoms with E-state index < -0.39 is 0 Å². The van der Waals surface area contributed by atoms with Crippen molar-refractivity contribution in [2.24, 2.45) is 0 Å². The zero-order valence-electron chi connectivity index (χ0n) is 21.3. The van der Waals surface area contributed by atoms with Gasteiger partial charge in [-0.05, 0) is 69.7 Å². The van der Waals surface area contributed by atoms with E-state index in [-0.39, 0.29) is 24.5 Å². The van der Waals surface area contributed by atoms with Gasteiger partial charge in [0, 0.05) is 22.3 Å². The molecule has 3 amide bonds. The third-order valence-corrected chi connectivity index (χ3v) is 6.20. The van der Waals surface area contributed by atoms with Crippen LogP contribution in [-0.2, 0) is 4.79 Å². The van der Waals surface area contributed by atoms with Crippen LogP contribution in [0.4, 0.5) is 16.3 Å². The maximum absolute atomic E-state index is 13.4. The van der Waals surface area contributed by atoms with Crippen LogP contribution in [0, 0.1) is 13.8 Å². The highest BCUT2D eigenvalue weighted by atomic mass is 35.5. The lowest BCUT2D eigenvalue weighted by molar-refractivity contribution is -0.117. The second-order valence-corrected chi connectivity index (χ2v) is 9.57. The fourth-order valence-corrected chi connectivity index (χ4v) is 4.14. The number of hydrogen-bond acceptors (Lipinski definition) is 3. The quantitative estimate of drug-likeness (QED) is 0.288. The van der Waals surface area contributed by atoms with Crippen molar-refractivity contribution >= 4 is 35.0 Å². The predicted molar refractivity (Wildman–Crippen MR) is 149 cm³/mol. The summed E-state index contributed by atoms with van der Waals surface area (Å²) in [5.74, 6) is 0.227. The summed E-state index contributed by atoms with van der Waals surface area (Å²) in [5, 5.41) is 11.2. The molecule has 0 unspecified atom stereocenters. The number of aryl methyl sites for hydroxylation is 2. The zero-order chi connectivity index (χ0) is 26.5. The van der Waals surface area contributed by atoms with Gasteiger partial charge in [0.2, 0.25) is 5.91 Å². The lowest BCUT2D eigenvalue weighted by Gasteiger charge is -2.26. The van der Waals surface area contributed by atoms with Crippen LogP contribution in [-0.4, -0.2) is 39.2 Å². The number of urea groups is 1. The molecular formula is C29H30ClN5O2. The third kappa shape index (κ3) is 6.19. The molecule has 4 aromatic rings. The van der Waals surface area contributed by atoms with Crippen LogP contribution in [0.2, 0.25) is 5.02 Å². The van der Waals surface area contributed by atoms with E-state index >= 15 is 0 Å². The van der Waals surface area contributed by atoms with E-state index in [0.717, 1.165) is 28.1 Å². The van der Waals surface area contributed by atoms with Gasteiger partial charge in [0.1, 0.15) is 12.4 Å². The van der Waals surface area contributed by atoms with Gasteiger partial charge in [-0.15, -0.1) is 0 Å². The first kappa shape index (κ1) is 26.0.